The molecule has 3 heterocycles. The van der Waals surface area contributed by atoms with Crippen molar-refractivity contribution in [1.29, 1.82) is 0 Å². The highest BCUT2D eigenvalue weighted by Crippen LogP contribution is 2.39. The molecule has 56 heavy (non-hydrogen) atoms. The second-order valence-corrected chi connectivity index (χ2v) is 14.3. The maximum absolute atomic E-state index is 6.79. The Morgan fingerprint density at radius 2 is 1.00 bits per heavy atom. The van der Waals surface area contributed by atoms with Crippen LogP contribution in [0.4, 0.5) is 0 Å². The van der Waals surface area contributed by atoms with Gasteiger partial charge in [0.05, 0.1) is 16.4 Å². The Hall–Kier alpha value is -7.37. The average Bonchev–Trinajstić information content (AvgIpc) is 3.83. The second kappa shape index (κ2) is 13.2. The summed E-state index contributed by atoms with van der Waals surface area (Å²) in [4.78, 5) is 15.4. The van der Waals surface area contributed by atoms with Crippen molar-refractivity contribution in [2.75, 3.05) is 0 Å². The Balaban J connectivity index is 1.26. The van der Waals surface area contributed by atoms with Gasteiger partial charge in [0, 0.05) is 38.4 Å². The summed E-state index contributed by atoms with van der Waals surface area (Å²) in [6.45, 7) is 0. The number of benzene rings is 7. The van der Waals surface area contributed by atoms with E-state index in [2.05, 4.69) is 150 Å². The number of hydrogen-bond donors (Lipinski definition) is 0. The molecular weight excluding hydrogens is 685 g/mol. The lowest BCUT2D eigenvalue weighted by molar-refractivity contribution is 0.571. The van der Waals surface area contributed by atoms with E-state index in [1.807, 2.05) is 36.4 Å². The lowest BCUT2D eigenvalue weighted by Crippen LogP contribution is -2.28. The summed E-state index contributed by atoms with van der Waals surface area (Å²) >= 11 is 0. The van der Waals surface area contributed by atoms with Gasteiger partial charge in [0.2, 0.25) is 0 Å². The summed E-state index contributed by atoms with van der Waals surface area (Å²) in [5.74, 6) is 1.97. The number of nitrogens with zero attached hydrogens (tertiary/aromatic N) is 4. The van der Waals surface area contributed by atoms with Gasteiger partial charge >= 0.3 is 0 Å². The molecule has 7 aromatic carbocycles. The predicted octanol–water partition coefficient (Wildman–Crippen LogP) is 11.2. The highest BCUT2D eigenvalue weighted by Gasteiger charge is 2.24. The molecule has 0 amide bonds. The van der Waals surface area contributed by atoms with Gasteiger partial charge in [-0.05, 0) is 77.6 Å². The fraction of sp³-hybridized carbons (Fsp3) is 0.0392. The minimum atomic E-state index is 0.649. The van der Waals surface area contributed by atoms with Crippen molar-refractivity contribution in [2.45, 2.75) is 12.8 Å². The summed E-state index contributed by atoms with van der Waals surface area (Å²) in [6.07, 6.45) is 3.81. The molecule has 10 aromatic rings. The quantitative estimate of drug-likeness (QED) is 0.172. The zero-order chi connectivity index (χ0) is 37.0. The van der Waals surface area contributed by atoms with Crippen molar-refractivity contribution in [3.8, 4) is 50.7 Å². The number of furan rings is 1. The molecular formula is C51H34N4O. The van der Waals surface area contributed by atoms with Crippen molar-refractivity contribution in [3.05, 3.63) is 192 Å². The lowest BCUT2D eigenvalue weighted by Gasteiger charge is -2.15. The molecule has 0 saturated carbocycles. The van der Waals surface area contributed by atoms with Crippen molar-refractivity contribution >= 4 is 44.4 Å². The number of fused-ring (bicyclic) bond motifs is 7. The van der Waals surface area contributed by atoms with E-state index in [1.54, 1.807) is 0 Å². The third-order valence-electron chi connectivity index (χ3n) is 10.9. The third-order valence-corrected chi connectivity index (χ3v) is 10.9. The van der Waals surface area contributed by atoms with Crippen LogP contribution in [0.3, 0.4) is 0 Å². The van der Waals surface area contributed by atoms with Crippen molar-refractivity contribution < 1.29 is 4.42 Å². The van der Waals surface area contributed by atoms with Crippen LogP contribution < -0.4 is 10.6 Å². The fourth-order valence-corrected chi connectivity index (χ4v) is 8.34. The van der Waals surface area contributed by atoms with Gasteiger partial charge in [0.15, 0.2) is 17.5 Å². The van der Waals surface area contributed by atoms with E-state index < -0.39 is 0 Å². The van der Waals surface area contributed by atoms with E-state index in [-0.39, 0.29) is 0 Å². The highest BCUT2D eigenvalue weighted by molar-refractivity contribution is 6.18. The molecule has 3 aromatic heterocycles. The van der Waals surface area contributed by atoms with E-state index in [1.165, 1.54) is 21.9 Å². The molecule has 1 aliphatic carbocycles. The molecule has 0 bridgehead atoms. The SMILES string of the molecule is C1=c2oc3ccc4c5ccccc5n(-c5cc(-c6ccccc6)cc(-c6ccccc6)c5)c4c3c2=C(c2nc(-c3ccccc3)nc(-c3ccccc3)n2)CC1. The molecule has 0 unspecified atom stereocenters. The molecule has 1 aliphatic rings. The number of rotatable bonds is 6. The Kier molecular flexibility index (Phi) is 7.56. The van der Waals surface area contributed by atoms with Crippen LogP contribution in [0.15, 0.2) is 180 Å². The molecule has 0 aliphatic heterocycles. The van der Waals surface area contributed by atoms with Crippen LogP contribution >= 0.6 is 0 Å². The topological polar surface area (TPSA) is 56.7 Å². The van der Waals surface area contributed by atoms with Crippen LogP contribution in [-0.2, 0) is 0 Å². The van der Waals surface area contributed by atoms with Gasteiger partial charge in [-0.25, -0.2) is 15.0 Å². The second-order valence-electron chi connectivity index (χ2n) is 14.3. The molecule has 0 fully saturated rings. The molecule has 0 N–H and O–H groups in total. The zero-order valence-corrected chi connectivity index (χ0v) is 30.4. The predicted molar refractivity (Wildman–Crippen MR) is 228 cm³/mol. The Bertz CT molecular complexity index is 3110. The number of hydrogen-bond acceptors (Lipinski definition) is 4. The summed E-state index contributed by atoms with van der Waals surface area (Å²) in [5.41, 5.74) is 12.6. The van der Waals surface area contributed by atoms with Crippen LogP contribution in [0, 0.1) is 0 Å². The normalized spacial score (nSPS) is 12.6. The Labute approximate surface area is 323 Å². The van der Waals surface area contributed by atoms with Gasteiger partial charge in [-0.15, -0.1) is 0 Å². The van der Waals surface area contributed by atoms with Crippen LogP contribution in [0.2, 0.25) is 0 Å². The zero-order valence-electron chi connectivity index (χ0n) is 30.4. The first-order valence-corrected chi connectivity index (χ1v) is 19.1. The van der Waals surface area contributed by atoms with E-state index in [0.29, 0.717) is 17.5 Å². The minimum Gasteiger partial charge on any atom is -0.456 e. The third kappa shape index (κ3) is 5.36. The molecule has 0 radical (unpaired) electrons. The maximum atomic E-state index is 6.79. The van der Waals surface area contributed by atoms with Crippen molar-refractivity contribution in [1.82, 2.24) is 19.5 Å². The molecule has 5 heteroatoms. The van der Waals surface area contributed by atoms with E-state index in [0.717, 1.165) is 79.0 Å². The Morgan fingerprint density at radius 3 is 1.61 bits per heavy atom. The fourth-order valence-electron chi connectivity index (χ4n) is 8.34. The van der Waals surface area contributed by atoms with E-state index >= 15 is 0 Å². The number of para-hydroxylation sites is 1. The molecule has 11 rings (SSSR count). The monoisotopic (exact) mass is 718 g/mol. The first kappa shape index (κ1) is 32.1. The van der Waals surface area contributed by atoms with E-state index in [9.17, 15) is 0 Å². The first-order chi connectivity index (χ1) is 27.8. The summed E-state index contributed by atoms with van der Waals surface area (Å²) in [7, 11) is 0. The van der Waals surface area contributed by atoms with Crippen molar-refractivity contribution in [3.63, 3.8) is 0 Å². The smallest absolute Gasteiger partial charge is 0.164 e. The van der Waals surface area contributed by atoms with Crippen LogP contribution in [0.25, 0.3) is 95.1 Å². The maximum Gasteiger partial charge on any atom is 0.164 e. The van der Waals surface area contributed by atoms with Crippen LogP contribution in [0.1, 0.15) is 18.7 Å². The van der Waals surface area contributed by atoms with Gasteiger partial charge in [-0.2, -0.15) is 0 Å². The highest BCUT2D eigenvalue weighted by atomic mass is 16.3. The molecule has 0 saturated heterocycles. The molecule has 5 nitrogen and oxygen atoms in total. The van der Waals surface area contributed by atoms with Gasteiger partial charge < -0.3 is 8.98 Å². The molecule has 264 valence electrons. The van der Waals surface area contributed by atoms with Gasteiger partial charge in [-0.3, -0.25) is 0 Å². The Morgan fingerprint density at radius 1 is 0.464 bits per heavy atom. The number of aromatic nitrogens is 4. The van der Waals surface area contributed by atoms with Gasteiger partial charge in [0.25, 0.3) is 0 Å². The van der Waals surface area contributed by atoms with E-state index in [4.69, 9.17) is 19.4 Å². The average molecular weight is 719 g/mol. The molecule has 0 spiro atoms. The molecule has 0 atom stereocenters. The first-order valence-electron chi connectivity index (χ1n) is 19.1. The van der Waals surface area contributed by atoms with Crippen molar-refractivity contribution in [2.24, 2.45) is 0 Å². The lowest BCUT2D eigenvalue weighted by atomic mass is 9.97. The summed E-state index contributed by atoms with van der Waals surface area (Å²) in [6, 6.07) is 61.7. The van der Waals surface area contributed by atoms with Gasteiger partial charge in [0.1, 0.15) is 11.0 Å². The standard InChI is InChI=1S/C51H34N4O/c1-5-16-33(17-6-1)37-30-38(34-18-7-2-8-19-34)32-39(31-37)55-43-26-14-13-24-40(43)41-28-29-45-47(48(41)55)46-42(25-15-27-44(46)56-45)51-53-49(35-20-9-3-10-21-35)52-50(54-51)36-22-11-4-12-23-36/h1-14,16-24,26-32H,15,25H2. The summed E-state index contributed by atoms with van der Waals surface area (Å²) in [5, 5.41) is 4.46. The largest absolute Gasteiger partial charge is 0.456 e. The summed E-state index contributed by atoms with van der Waals surface area (Å²) < 4.78 is 9.23. The minimum absolute atomic E-state index is 0.649. The van der Waals surface area contributed by atoms with Gasteiger partial charge in [-0.1, -0.05) is 140 Å². The van der Waals surface area contributed by atoms with Crippen LogP contribution in [-0.4, -0.2) is 19.5 Å². The van der Waals surface area contributed by atoms with Crippen LogP contribution in [0.5, 0.6) is 0 Å².